The molecule has 5 heteroatoms. The number of hydrogen-bond acceptors (Lipinski definition) is 5. The fraction of sp³-hybridized carbons (Fsp3) is 0.733. The Morgan fingerprint density at radius 1 is 1.05 bits per heavy atom. The topological polar surface area (TPSA) is 39.7 Å². The molecule has 0 amide bonds. The van der Waals surface area contributed by atoms with E-state index in [0.29, 0.717) is 25.9 Å². The van der Waals surface area contributed by atoms with Gasteiger partial charge in [0.05, 0.1) is 19.8 Å². The van der Waals surface area contributed by atoms with Gasteiger partial charge < -0.3 is 19.5 Å². The van der Waals surface area contributed by atoms with E-state index in [1.807, 2.05) is 0 Å². The van der Waals surface area contributed by atoms with Crippen molar-refractivity contribution in [2.45, 2.75) is 39.5 Å². The van der Waals surface area contributed by atoms with Crippen LogP contribution in [-0.4, -0.2) is 39.6 Å². The molecule has 0 spiro atoms. The molecule has 1 rings (SSSR count). The molecule has 0 aliphatic carbocycles. The van der Waals surface area contributed by atoms with Crippen molar-refractivity contribution in [1.82, 2.24) is 5.32 Å². The Morgan fingerprint density at radius 2 is 1.80 bits per heavy atom. The molecule has 1 aromatic rings. The van der Waals surface area contributed by atoms with Crippen LogP contribution in [0.5, 0.6) is 0 Å². The summed E-state index contributed by atoms with van der Waals surface area (Å²) < 4.78 is 16.0. The van der Waals surface area contributed by atoms with Gasteiger partial charge in [0.2, 0.25) is 0 Å². The van der Waals surface area contributed by atoms with Crippen LogP contribution in [0.3, 0.4) is 0 Å². The van der Waals surface area contributed by atoms with Crippen LogP contribution in [0.2, 0.25) is 0 Å². The highest BCUT2D eigenvalue weighted by molar-refractivity contribution is 7.11. The zero-order valence-corrected chi connectivity index (χ0v) is 13.6. The predicted molar refractivity (Wildman–Crippen MR) is 83.3 cm³/mol. The highest BCUT2D eigenvalue weighted by Gasteiger charge is 2.01. The Bertz CT molecular complexity index is 342. The third-order valence-electron chi connectivity index (χ3n) is 2.66. The molecule has 1 heterocycles. The van der Waals surface area contributed by atoms with E-state index in [2.05, 4.69) is 31.3 Å². The van der Waals surface area contributed by atoms with E-state index in [0.717, 1.165) is 26.2 Å². The molecule has 116 valence electrons. The molecule has 0 saturated carbocycles. The summed E-state index contributed by atoms with van der Waals surface area (Å²) >= 11 is 1.80. The SMILES string of the molecule is COCCCOCCOCc1ccc(CNC(C)C)s1. The van der Waals surface area contributed by atoms with E-state index in [1.54, 1.807) is 18.4 Å². The summed E-state index contributed by atoms with van der Waals surface area (Å²) in [4.78, 5) is 2.62. The summed E-state index contributed by atoms with van der Waals surface area (Å²) in [5, 5.41) is 3.42. The van der Waals surface area contributed by atoms with Gasteiger partial charge in [-0.3, -0.25) is 0 Å². The normalized spacial score (nSPS) is 11.4. The Labute approximate surface area is 126 Å². The van der Waals surface area contributed by atoms with Crippen LogP contribution in [0.1, 0.15) is 30.0 Å². The third-order valence-corrected chi connectivity index (χ3v) is 3.71. The number of methoxy groups -OCH3 is 1. The molecule has 4 nitrogen and oxygen atoms in total. The maximum Gasteiger partial charge on any atom is 0.0810 e. The lowest BCUT2D eigenvalue weighted by Crippen LogP contribution is -2.21. The second-order valence-corrected chi connectivity index (χ2v) is 6.17. The van der Waals surface area contributed by atoms with Crippen molar-refractivity contribution in [2.75, 3.05) is 33.5 Å². The van der Waals surface area contributed by atoms with E-state index >= 15 is 0 Å². The monoisotopic (exact) mass is 301 g/mol. The smallest absolute Gasteiger partial charge is 0.0810 e. The maximum absolute atomic E-state index is 5.60. The highest BCUT2D eigenvalue weighted by Crippen LogP contribution is 2.17. The van der Waals surface area contributed by atoms with Crippen LogP contribution in [-0.2, 0) is 27.4 Å². The first-order valence-electron chi connectivity index (χ1n) is 7.17. The number of thiophene rings is 1. The summed E-state index contributed by atoms with van der Waals surface area (Å²) in [5.41, 5.74) is 0. The van der Waals surface area contributed by atoms with Crippen molar-refractivity contribution in [1.29, 1.82) is 0 Å². The van der Waals surface area contributed by atoms with Crippen LogP contribution in [0.25, 0.3) is 0 Å². The molecule has 0 aliphatic rings. The standard InChI is InChI=1S/C15H27NO3S/c1-13(2)16-11-14-5-6-15(20-14)12-19-10-9-18-8-4-7-17-3/h5-6,13,16H,4,7-12H2,1-3H3. The van der Waals surface area contributed by atoms with Crippen LogP contribution in [0.15, 0.2) is 12.1 Å². The van der Waals surface area contributed by atoms with E-state index in [1.165, 1.54) is 9.75 Å². The number of hydrogen-bond donors (Lipinski definition) is 1. The van der Waals surface area contributed by atoms with Crippen LogP contribution in [0.4, 0.5) is 0 Å². The molecular formula is C15H27NO3S. The fourth-order valence-corrected chi connectivity index (χ4v) is 2.50. The Kier molecular flexibility index (Phi) is 9.87. The molecule has 1 N–H and O–H groups in total. The van der Waals surface area contributed by atoms with E-state index in [-0.39, 0.29) is 0 Å². The summed E-state index contributed by atoms with van der Waals surface area (Å²) in [7, 11) is 1.70. The van der Waals surface area contributed by atoms with Gasteiger partial charge in [0.15, 0.2) is 0 Å². The first-order chi connectivity index (χ1) is 9.72. The van der Waals surface area contributed by atoms with Crippen molar-refractivity contribution in [3.63, 3.8) is 0 Å². The Morgan fingerprint density at radius 3 is 2.55 bits per heavy atom. The lowest BCUT2D eigenvalue weighted by atomic mass is 10.3. The summed E-state index contributed by atoms with van der Waals surface area (Å²) in [6.45, 7) is 8.71. The van der Waals surface area contributed by atoms with Crippen molar-refractivity contribution in [3.05, 3.63) is 21.9 Å². The van der Waals surface area contributed by atoms with E-state index in [9.17, 15) is 0 Å². The van der Waals surface area contributed by atoms with Crippen LogP contribution < -0.4 is 5.32 Å². The average molecular weight is 301 g/mol. The number of nitrogens with one attached hydrogen (secondary N) is 1. The molecule has 0 atom stereocenters. The van der Waals surface area contributed by atoms with Crippen LogP contribution in [0, 0.1) is 0 Å². The zero-order valence-electron chi connectivity index (χ0n) is 12.8. The second-order valence-electron chi connectivity index (χ2n) is 4.91. The lowest BCUT2D eigenvalue weighted by Gasteiger charge is -2.05. The third kappa shape index (κ3) is 8.66. The Hall–Kier alpha value is -0.460. The molecule has 0 aromatic carbocycles. The molecule has 0 unspecified atom stereocenters. The molecule has 0 fully saturated rings. The van der Waals surface area contributed by atoms with Gasteiger partial charge in [-0.05, 0) is 18.6 Å². The van der Waals surface area contributed by atoms with Crippen molar-refractivity contribution < 1.29 is 14.2 Å². The summed E-state index contributed by atoms with van der Waals surface area (Å²) in [6, 6.07) is 4.83. The minimum Gasteiger partial charge on any atom is -0.385 e. The molecule has 0 bridgehead atoms. The fourth-order valence-electron chi connectivity index (χ4n) is 1.60. The Balaban J connectivity index is 2.01. The number of ether oxygens (including phenoxy) is 3. The van der Waals surface area contributed by atoms with Gasteiger partial charge in [0.1, 0.15) is 0 Å². The highest BCUT2D eigenvalue weighted by atomic mass is 32.1. The van der Waals surface area contributed by atoms with Gasteiger partial charge in [0, 0.05) is 42.7 Å². The quantitative estimate of drug-likeness (QED) is 0.603. The molecule has 20 heavy (non-hydrogen) atoms. The average Bonchev–Trinajstić information content (AvgIpc) is 2.87. The van der Waals surface area contributed by atoms with Crippen molar-refractivity contribution in [2.24, 2.45) is 0 Å². The van der Waals surface area contributed by atoms with Crippen molar-refractivity contribution >= 4 is 11.3 Å². The molecule has 0 radical (unpaired) electrons. The first kappa shape index (κ1) is 17.6. The van der Waals surface area contributed by atoms with Crippen LogP contribution >= 0.6 is 11.3 Å². The van der Waals surface area contributed by atoms with Gasteiger partial charge in [-0.15, -0.1) is 11.3 Å². The predicted octanol–water partition coefficient (Wildman–Crippen LogP) is 2.82. The van der Waals surface area contributed by atoms with Gasteiger partial charge in [0.25, 0.3) is 0 Å². The summed E-state index contributed by atoms with van der Waals surface area (Å²) in [5.74, 6) is 0. The first-order valence-corrected chi connectivity index (χ1v) is 7.99. The molecular weight excluding hydrogens is 274 g/mol. The minimum absolute atomic E-state index is 0.520. The lowest BCUT2D eigenvalue weighted by molar-refractivity contribution is 0.0344. The zero-order chi connectivity index (χ0) is 14.6. The van der Waals surface area contributed by atoms with Gasteiger partial charge >= 0.3 is 0 Å². The van der Waals surface area contributed by atoms with Crippen molar-refractivity contribution in [3.8, 4) is 0 Å². The van der Waals surface area contributed by atoms with E-state index < -0.39 is 0 Å². The van der Waals surface area contributed by atoms with Gasteiger partial charge in [-0.2, -0.15) is 0 Å². The molecule has 0 saturated heterocycles. The largest absolute Gasteiger partial charge is 0.385 e. The molecule has 0 aliphatic heterocycles. The van der Waals surface area contributed by atoms with E-state index in [4.69, 9.17) is 14.2 Å². The summed E-state index contributed by atoms with van der Waals surface area (Å²) in [6.07, 6.45) is 0.938. The van der Waals surface area contributed by atoms with Gasteiger partial charge in [-0.25, -0.2) is 0 Å². The minimum atomic E-state index is 0.520. The second kappa shape index (κ2) is 11.2. The maximum atomic E-state index is 5.60. The number of rotatable bonds is 12. The van der Waals surface area contributed by atoms with Gasteiger partial charge in [-0.1, -0.05) is 13.8 Å². The molecule has 1 aromatic heterocycles.